The normalized spacial score (nSPS) is 32.6. The lowest BCUT2D eigenvalue weighted by molar-refractivity contribution is -0.149. The second kappa shape index (κ2) is 9.32. The molecule has 7 atom stereocenters. The number of hydrogen-bond acceptors (Lipinski definition) is 5. The highest BCUT2D eigenvalue weighted by molar-refractivity contribution is 9.09. The maximum absolute atomic E-state index is 14.4. The molecule has 4 rings (SSSR count). The molecule has 184 valence electrons. The van der Waals surface area contributed by atoms with Gasteiger partial charge in [-0.05, 0) is 43.9 Å². The summed E-state index contributed by atoms with van der Waals surface area (Å²) in [7, 11) is 0. The zero-order valence-electron chi connectivity index (χ0n) is 19.6. The fourth-order valence-electron chi connectivity index (χ4n) is 6.03. The van der Waals surface area contributed by atoms with Crippen molar-refractivity contribution in [2.75, 3.05) is 18.1 Å². The second-order valence-electron chi connectivity index (χ2n) is 9.52. The predicted molar refractivity (Wildman–Crippen MR) is 136 cm³/mol. The number of carbonyl (C=O) groups is 3. The Balaban J connectivity index is 1.87. The molecule has 0 aliphatic carbocycles. The molecule has 1 aromatic rings. The first-order chi connectivity index (χ1) is 16.1. The van der Waals surface area contributed by atoms with E-state index < -0.39 is 34.6 Å². The third-order valence-electron chi connectivity index (χ3n) is 7.55. The minimum atomic E-state index is -1.01. The van der Waals surface area contributed by atoms with Crippen molar-refractivity contribution in [2.45, 2.75) is 60.5 Å². The Labute approximate surface area is 212 Å². The summed E-state index contributed by atoms with van der Waals surface area (Å²) < 4.78 is -0.865. The largest absolute Gasteiger partial charge is 0.481 e. The summed E-state index contributed by atoms with van der Waals surface area (Å²) in [5.41, 5.74) is 2.67. The number of aryl methyl sites for hydroxylation is 2. The molecule has 3 saturated heterocycles. The van der Waals surface area contributed by atoms with Crippen LogP contribution in [0.5, 0.6) is 0 Å². The Morgan fingerprint density at radius 1 is 1.41 bits per heavy atom. The van der Waals surface area contributed by atoms with E-state index in [-0.39, 0.29) is 35.0 Å². The van der Waals surface area contributed by atoms with Crippen molar-refractivity contribution in [1.82, 2.24) is 4.90 Å². The molecule has 7 nitrogen and oxygen atoms in total. The smallest absolute Gasteiger partial charge is 0.308 e. The molecule has 3 fully saturated rings. The van der Waals surface area contributed by atoms with Crippen molar-refractivity contribution in [3.63, 3.8) is 0 Å². The second-order valence-corrected chi connectivity index (χ2v) is 12.2. The van der Waals surface area contributed by atoms with Crippen LogP contribution in [0, 0.1) is 25.7 Å². The number of amides is 2. The zero-order valence-corrected chi connectivity index (χ0v) is 22.0. The van der Waals surface area contributed by atoms with E-state index in [0.29, 0.717) is 12.8 Å². The number of rotatable bonds is 8. The summed E-state index contributed by atoms with van der Waals surface area (Å²) in [4.78, 5) is 43.6. The van der Waals surface area contributed by atoms with Crippen molar-refractivity contribution in [1.29, 1.82) is 0 Å². The average Bonchev–Trinajstić information content (AvgIpc) is 3.38. The summed E-state index contributed by atoms with van der Waals surface area (Å²) in [6.45, 7) is 9.57. The molecule has 0 radical (unpaired) electrons. The van der Waals surface area contributed by atoms with Gasteiger partial charge >= 0.3 is 5.97 Å². The highest BCUT2D eigenvalue weighted by Gasteiger charge is 2.76. The number of thioether (sulfide) groups is 1. The number of carboxylic acids is 1. The van der Waals surface area contributed by atoms with Gasteiger partial charge in [-0.25, -0.2) is 0 Å². The van der Waals surface area contributed by atoms with Gasteiger partial charge in [0.1, 0.15) is 6.04 Å². The Morgan fingerprint density at radius 3 is 2.71 bits per heavy atom. The lowest BCUT2D eigenvalue weighted by atomic mass is 9.71. The third-order valence-corrected chi connectivity index (χ3v) is 10.8. The van der Waals surface area contributed by atoms with Crippen LogP contribution < -0.4 is 4.90 Å². The minimum Gasteiger partial charge on any atom is -0.481 e. The molecule has 9 heteroatoms. The quantitative estimate of drug-likeness (QED) is 0.381. The van der Waals surface area contributed by atoms with Gasteiger partial charge in [0.2, 0.25) is 5.91 Å². The number of benzene rings is 1. The monoisotopic (exact) mass is 550 g/mol. The van der Waals surface area contributed by atoms with Crippen LogP contribution in [0.4, 0.5) is 5.69 Å². The predicted octanol–water partition coefficient (Wildman–Crippen LogP) is 3.14. The first-order valence-corrected chi connectivity index (χ1v) is 13.4. The van der Waals surface area contributed by atoms with Crippen molar-refractivity contribution >= 4 is 51.2 Å². The SMILES string of the molecule is C=CCN(C(=O)C1N([C@@H](CC)CO)C(=O)[C@@H]2[C@H](C(=O)O)[C@H]3SC12CC3Br)c1cc(C)ccc1C. The number of likely N-dealkylation sites (tertiary alicyclic amines) is 1. The summed E-state index contributed by atoms with van der Waals surface area (Å²) in [5.74, 6) is -3.27. The molecule has 3 aliphatic rings. The van der Waals surface area contributed by atoms with Crippen molar-refractivity contribution in [3.8, 4) is 0 Å². The maximum Gasteiger partial charge on any atom is 0.308 e. The van der Waals surface area contributed by atoms with Crippen molar-refractivity contribution in [3.05, 3.63) is 42.0 Å². The van der Waals surface area contributed by atoms with Crippen LogP contribution in [0.3, 0.4) is 0 Å². The molecule has 1 spiro atoms. The highest BCUT2D eigenvalue weighted by atomic mass is 79.9. The first kappa shape index (κ1) is 25.3. The van der Waals surface area contributed by atoms with Crippen LogP contribution in [0.2, 0.25) is 0 Å². The highest BCUT2D eigenvalue weighted by Crippen LogP contribution is 2.68. The van der Waals surface area contributed by atoms with Crippen LogP contribution in [-0.4, -0.2) is 73.0 Å². The molecule has 3 heterocycles. The number of anilines is 1. The van der Waals surface area contributed by atoms with Gasteiger partial charge in [0.25, 0.3) is 5.91 Å². The minimum absolute atomic E-state index is 0.110. The van der Waals surface area contributed by atoms with Gasteiger partial charge < -0.3 is 20.0 Å². The number of fused-ring (bicyclic) bond motifs is 1. The van der Waals surface area contributed by atoms with Crippen LogP contribution in [0.1, 0.15) is 30.9 Å². The molecule has 2 bridgehead atoms. The van der Waals surface area contributed by atoms with E-state index in [1.54, 1.807) is 11.0 Å². The van der Waals surface area contributed by atoms with E-state index in [4.69, 9.17) is 0 Å². The van der Waals surface area contributed by atoms with Gasteiger partial charge in [0.05, 0.1) is 29.2 Å². The zero-order chi connectivity index (χ0) is 24.9. The fraction of sp³-hybridized carbons (Fsp3) is 0.560. The molecule has 1 aromatic carbocycles. The molecule has 0 aromatic heterocycles. The molecule has 3 aliphatic heterocycles. The van der Waals surface area contributed by atoms with Crippen molar-refractivity contribution in [2.24, 2.45) is 11.8 Å². The first-order valence-electron chi connectivity index (χ1n) is 11.6. The summed E-state index contributed by atoms with van der Waals surface area (Å²) in [6.07, 6.45) is 2.64. The maximum atomic E-state index is 14.4. The molecule has 2 amide bonds. The lowest BCUT2D eigenvalue weighted by Crippen LogP contribution is -2.58. The average molecular weight is 552 g/mol. The topological polar surface area (TPSA) is 98.2 Å². The van der Waals surface area contributed by atoms with Gasteiger partial charge in [0.15, 0.2) is 0 Å². The van der Waals surface area contributed by atoms with Crippen molar-refractivity contribution < 1.29 is 24.6 Å². The lowest BCUT2D eigenvalue weighted by Gasteiger charge is -2.40. The van der Waals surface area contributed by atoms with E-state index in [9.17, 15) is 24.6 Å². The van der Waals surface area contributed by atoms with Gasteiger partial charge in [-0.1, -0.05) is 41.1 Å². The molecule has 0 saturated carbocycles. The Kier molecular flexibility index (Phi) is 6.92. The van der Waals surface area contributed by atoms with Crippen LogP contribution >= 0.6 is 27.7 Å². The number of aliphatic hydroxyl groups is 1. The molecule has 3 unspecified atom stereocenters. The van der Waals surface area contributed by atoms with E-state index in [2.05, 4.69) is 22.5 Å². The van der Waals surface area contributed by atoms with E-state index >= 15 is 0 Å². The molecule has 2 N–H and O–H groups in total. The third kappa shape index (κ3) is 3.62. The molecular formula is C25H31BrN2O5S. The number of aliphatic carboxylic acids is 1. The van der Waals surface area contributed by atoms with E-state index in [0.717, 1.165) is 16.8 Å². The summed E-state index contributed by atoms with van der Waals surface area (Å²) >= 11 is 5.12. The number of carbonyl (C=O) groups excluding carboxylic acids is 2. The number of nitrogens with zero attached hydrogens (tertiary/aromatic N) is 2. The van der Waals surface area contributed by atoms with E-state index in [1.807, 2.05) is 39.0 Å². The van der Waals surface area contributed by atoms with Gasteiger partial charge in [-0.3, -0.25) is 14.4 Å². The molecular weight excluding hydrogens is 520 g/mol. The number of carboxylic acid groups (broad SMARTS) is 1. The Morgan fingerprint density at radius 2 is 2.12 bits per heavy atom. The van der Waals surface area contributed by atoms with Gasteiger partial charge in [-0.2, -0.15) is 0 Å². The fourth-order valence-corrected chi connectivity index (χ4v) is 9.62. The van der Waals surface area contributed by atoms with Crippen LogP contribution in [0.25, 0.3) is 0 Å². The number of alkyl halides is 1. The number of hydrogen-bond donors (Lipinski definition) is 2. The number of halogens is 1. The Bertz CT molecular complexity index is 1030. The summed E-state index contributed by atoms with van der Waals surface area (Å²) in [5, 5.41) is 19.9. The summed E-state index contributed by atoms with van der Waals surface area (Å²) in [6, 6.07) is 4.45. The standard InChI is InChI=1S/C25H31BrN2O5S/c1-5-9-27(17-10-13(3)7-8-14(17)4)23(31)21-25-11-16(26)20(34-25)18(24(32)33)19(25)22(30)28(21)15(6-2)12-29/h5,7-8,10,15-16,18-21,29H,1,6,9,11-12H2,2-4H3,(H,32,33)/t15-,16?,18-,19-,20-,21?,25?/m0/s1. The van der Waals surface area contributed by atoms with E-state index in [1.165, 1.54) is 16.7 Å². The number of aliphatic hydroxyl groups excluding tert-OH is 1. The Hall–Kier alpha value is -1.84. The van der Waals surface area contributed by atoms with Crippen LogP contribution in [0.15, 0.2) is 30.9 Å². The van der Waals surface area contributed by atoms with Gasteiger partial charge in [-0.15, -0.1) is 18.3 Å². The van der Waals surface area contributed by atoms with Crippen LogP contribution in [-0.2, 0) is 14.4 Å². The molecule has 34 heavy (non-hydrogen) atoms. The van der Waals surface area contributed by atoms with Gasteiger partial charge in [0, 0.05) is 22.3 Å².